The van der Waals surface area contributed by atoms with Gasteiger partial charge in [0.1, 0.15) is 0 Å². The third-order valence-electron chi connectivity index (χ3n) is 3.23. The van der Waals surface area contributed by atoms with Crippen molar-refractivity contribution in [2.45, 2.75) is 38.1 Å². The zero-order valence-electron chi connectivity index (χ0n) is 8.67. The molecule has 0 radical (unpaired) electrons. The molecular weight excluding hydrogens is 192 g/mol. The highest BCUT2D eigenvalue weighted by Gasteiger charge is 2.23. The zero-order chi connectivity index (χ0) is 10.7. The van der Waals surface area contributed by atoms with Crippen molar-refractivity contribution >= 4 is 5.97 Å². The van der Waals surface area contributed by atoms with Crippen LogP contribution in [0.25, 0.3) is 0 Å². The number of rotatable bonds is 3. The van der Waals surface area contributed by atoms with Crippen molar-refractivity contribution in [1.82, 2.24) is 9.55 Å². The first-order chi connectivity index (χ1) is 7.25. The number of nitrogens with zero attached hydrogens (tertiary/aromatic N) is 2. The van der Waals surface area contributed by atoms with E-state index < -0.39 is 5.97 Å². The smallest absolute Gasteiger partial charge is 0.303 e. The van der Waals surface area contributed by atoms with Gasteiger partial charge < -0.3 is 9.67 Å². The Morgan fingerprint density at radius 1 is 1.40 bits per heavy atom. The summed E-state index contributed by atoms with van der Waals surface area (Å²) >= 11 is 0. The number of carbonyl (C=O) groups is 1. The fourth-order valence-electron chi connectivity index (χ4n) is 2.38. The lowest BCUT2D eigenvalue weighted by molar-refractivity contribution is -0.138. The molecule has 1 aromatic rings. The molecule has 0 amide bonds. The van der Waals surface area contributed by atoms with Crippen LogP contribution in [0.2, 0.25) is 0 Å². The molecule has 1 N–H and O–H groups in total. The number of carboxylic acid groups (broad SMARTS) is 1. The molecule has 2 rings (SSSR count). The van der Waals surface area contributed by atoms with Gasteiger partial charge in [0.05, 0.1) is 6.33 Å². The van der Waals surface area contributed by atoms with E-state index in [2.05, 4.69) is 9.55 Å². The maximum absolute atomic E-state index is 10.6. The quantitative estimate of drug-likeness (QED) is 0.827. The molecule has 1 aromatic heterocycles. The molecule has 15 heavy (non-hydrogen) atoms. The molecule has 1 aliphatic carbocycles. The van der Waals surface area contributed by atoms with Crippen molar-refractivity contribution in [3.05, 3.63) is 18.7 Å². The normalized spacial score (nSPS) is 26.4. The summed E-state index contributed by atoms with van der Waals surface area (Å²) in [5, 5.41) is 8.70. The average Bonchev–Trinajstić information content (AvgIpc) is 2.71. The Balaban J connectivity index is 1.84. The SMILES string of the molecule is O=C(O)CC1CCC(n2ccnc2)CC1. The van der Waals surface area contributed by atoms with Crippen molar-refractivity contribution in [2.75, 3.05) is 0 Å². The van der Waals surface area contributed by atoms with Crippen LogP contribution in [0.1, 0.15) is 38.1 Å². The topological polar surface area (TPSA) is 55.1 Å². The second kappa shape index (κ2) is 4.47. The van der Waals surface area contributed by atoms with E-state index in [-0.39, 0.29) is 0 Å². The Morgan fingerprint density at radius 2 is 2.13 bits per heavy atom. The minimum Gasteiger partial charge on any atom is -0.481 e. The largest absolute Gasteiger partial charge is 0.481 e. The van der Waals surface area contributed by atoms with E-state index in [1.165, 1.54) is 0 Å². The number of aliphatic carboxylic acids is 1. The van der Waals surface area contributed by atoms with E-state index in [1.807, 2.05) is 12.5 Å². The van der Waals surface area contributed by atoms with Gasteiger partial charge in [-0.15, -0.1) is 0 Å². The molecule has 1 aliphatic rings. The van der Waals surface area contributed by atoms with Gasteiger partial charge >= 0.3 is 5.97 Å². The average molecular weight is 208 g/mol. The molecule has 4 nitrogen and oxygen atoms in total. The van der Waals surface area contributed by atoms with Gasteiger partial charge in [0.15, 0.2) is 0 Å². The van der Waals surface area contributed by atoms with Crippen molar-refractivity contribution in [1.29, 1.82) is 0 Å². The predicted molar refractivity (Wildman–Crippen MR) is 55.5 cm³/mol. The van der Waals surface area contributed by atoms with E-state index >= 15 is 0 Å². The van der Waals surface area contributed by atoms with Crippen molar-refractivity contribution in [3.63, 3.8) is 0 Å². The van der Waals surface area contributed by atoms with Crippen LogP contribution >= 0.6 is 0 Å². The monoisotopic (exact) mass is 208 g/mol. The van der Waals surface area contributed by atoms with E-state index in [9.17, 15) is 4.79 Å². The first-order valence-electron chi connectivity index (χ1n) is 5.45. The van der Waals surface area contributed by atoms with Crippen LogP contribution in [0.3, 0.4) is 0 Å². The Kier molecular flexibility index (Phi) is 3.04. The molecule has 1 heterocycles. The first-order valence-corrected chi connectivity index (χ1v) is 5.45. The third-order valence-corrected chi connectivity index (χ3v) is 3.23. The third kappa shape index (κ3) is 2.58. The van der Waals surface area contributed by atoms with Gasteiger partial charge in [0, 0.05) is 24.9 Å². The fourth-order valence-corrected chi connectivity index (χ4v) is 2.38. The van der Waals surface area contributed by atoms with Gasteiger partial charge in [-0.3, -0.25) is 4.79 Å². The van der Waals surface area contributed by atoms with Crippen molar-refractivity contribution < 1.29 is 9.90 Å². The maximum Gasteiger partial charge on any atom is 0.303 e. The Bertz CT molecular complexity index is 313. The Hall–Kier alpha value is -1.32. The van der Waals surface area contributed by atoms with Gasteiger partial charge in [0.25, 0.3) is 0 Å². The second-order valence-electron chi connectivity index (χ2n) is 4.28. The predicted octanol–water partition coefficient (Wildman–Crippen LogP) is 2.09. The summed E-state index contributed by atoms with van der Waals surface area (Å²) in [4.78, 5) is 14.6. The lowest BCUT2D eigenvalue weighted by atomic mass is 9.84. The number of hydrogen-bond acceptors (Lipinski definition) is 2. The Morgan fingerprint density at radius 3 is 2.67 bits per heavy atom. The van der Waals surface area contributed by atoms with Gasteiger partial charge in [-0.05, 0) is 31.6 Å². The minimum atomic E-state index is -0.666. The fraction of sp³-hybridized carbons (Fsp3) is 0.636. The molecular formula is C11H16N2O2. The highest BCUT2D eigenvalue weighted by Crippen LogP contribution is 2.33. The molecule has 82 valence electrons. The molecule has 0 bridgehead atoms. The second-order valence-corrected chi connectivity index (χ2v) is 4.28. The molecule has 0 spiro atoms. The number of carboxylic acids is 1. The van der Waals surface area contributed by atoms with Gasteiger partial charge in [-0.2, -0.15) is 0 Å². The van der Waals surface area contributed by atoms with Gasteiger partial charge in [-0.1, -0.05) is 0 Å². The molecule has 0 atom stereocenters. The standard InChI is InChI=1S/C11H16N2O2/c14-11(15)7-9-1-3-10(4-2-9)13-6-5-12-8-13/h5-6,8-10H,1-4,7H2,(H,14,15). The molecule has 1 fully saturated rings. The maximum atomic E-state index is 10.6. The molecule has 0 aliphatic heterocycles. The first kappa shape index (κ1) is 10.2. The Labute approximate surface area is 88.9 Å². The summed E-state index contributed by atoms with van der Waals surface area (Å²) in [5.74, 6) is -0.289. The van der Waals surface area contributed by atoms with Crippen LogP contribution in [0.5, 0.6) is 0 Å². The summed E-state index contributed by atoms with van der Waals surface area (Å²) in [6, 6.07) is 0.526. The number of hydrogen-bond donors (Lipinski definition) is 1. The zero-order valence-corrected chi connectivity index (χ0v) is 8.67. The van der Waals surface area contributed by atoms with Crippen LogP contribution in [0.15, 0.2) is 18.7 Å². The van der Waals surface area contributed by atoms with E-state index in [0.29, 0.717) is 18.4 Å². The lowest BCUT2D eigenvalue weighted by Gasteiger charge is -2.28. The molecule has 0 unspecified atom stereocenters. The number of imidazole rings is 1. The minimum absolute atomic E-state index is 0.330. The number of aromatic nitrogens is 2. The highest BCUT2D eigenvalue weighted by atomic mass is 16.4. The van der Waals surface area contributed by atoms with Crippen LogP contribution in [0, 0.1) is 5.92 Å². The lowest BCUT2D eigenvalue weighted by Crippen LogP contribution is -2.19. The highest BCUT2D eigenvalue weighted by molar-refractivity contribution is 5.67. The van der Waals surface area contributed by atoms with Gasteiger partial charge in [0.2, 0.25) is 0 Å². The summed E-state index contributed by atoms with van der Waals surface area (Å²) in [7, 11) is 0. The summed E-state index contributed by atoms with van der Waals surface area (Å²) in [6.07, 6.45) is 10.2. The van der Waals surface area contributed by atoms with Crippen LogP contribution in [-0.4, -0.2) is 20.6 Å². The summed E-state index contributed by atoms with van der Waals surface area (Å²) in [6.45, 7) is 0. The summed E-state index contributed by atoms with van der Waals surface area (Å²) < 4.78 is 2.14. The van der Waals surface area contributed by atoms with Crippen molar-refractivity contribution in [3.8, 4) is 0 Å². The van der Waals surface area contributed by atoms with Crippen LogP contribution in [0.4, 0.5) is 0 Å². The van der Waals surface area contributed by atoms with E-state index in [1.54, 1.807) is 6.20 Å². The van der Waals surface area contributed by atoms with E-state index in [4.69, 9.17) is 5.11 Å². The summed E-state index contributed by atoms with van der Waals surface area (Å²) in [5.41, 5.74) is 0. The molecule has 0 aromatic carbocycles. The molecule has 0 saturated heterocycles. The van der Waals surface area contributed by atoms with E-state index in [0.717, 1.165) is 25.7 Å². The van der Waals surface area contributed by atoms with Gasteiger partial charge in [-0.25, -0.2) is 4.98 Å². The van der Waals surface area contributed by atoms with Crippen molar-refractivity contribution in [2.24, 2.45) is 5.92 Å². The van der Waals surface area contributed by atoms with Crippen LogP contribution in [-0.2, 0) is 4.79 Å². The van der Waals surface area contributed by atoms with Crippen LogP contribution < -0.4 is 0 Å². The molecule has 4 heteroatoms. The molecule has 1 saturated carbocycles.